The molecule has 0 aromatic heterocycles. The topological polar surface area (TPSA) is 43.2 Å². The van der Waals surface area contributed by atoms with E-state index in [1.54, 1.807) is 0 Å². The molecule has 0 aliphatic rings. The van der Waals surface area contributed by atoms with Crippen molar-refractivity contribution in [2.75, 3.05) is 0 Å². The minimum atomic E-state index is -0.951. The summed E-state index contributed by atoms with van der Waals surface area (Å²) >= 11 is -0.951. The number of hydrogen-bond acceptors (Lipinski definition) is 4. The first-order valence-corrected chi connectivity index (χ1v) is 6.44. The van der Waals surface area contributed by atoms with Crippen molar-refractivity contribution >= 4 is 0 Å². The van der Waals surface area contributed by atoms with E-state index in [9.17, 15) is 0 Å². The number of hydrogen-bond donors (Lipinski definition) is 0. The molecule has 0 aliphatic heterocycles. The van der Waals surface area contributed by atoms with E-state index >= 15 is 0 Å². The van der Waals surface area contributed by atoms with Crippen molar-refractivity contribution in [3.8, 4) is 11.5 Å². The van der Waals surface area contributed by atoms with Gasteiger partial charge < -0.3 is 24.8 Å². The van der Waals surface area contributed by atoms with Gasteiger partial charge >= 0.3 is 108 Å². The number of nitrogens with zero attached hydrogens (tertiary/aromatic N) is 2. The fraction of sp³-hybridized carbons (Fsp3) is 0. The first kappa shape index (κ1) is 17.9. The first-order valence-electron chi connectivity index (χ1n) is 5.04. The molecule has 7 heteroatoms. The van der Waals surface area contributed by atoms with Crippen molar-refractivity contribution in [3.63, 3.8) is 0 Å². The number of para-hydroxylation sites is 2. The minimum absolute atomic E-state index is 0. The van der Waals surface area contributed by atoms with Gasteiger partial charge in [-0.05, 0) is 0 Å². The summed E-state index contributed by atoms with van der Waals surface area (Å²) in [6, 6.07) is 18.8. The molecule has 0 saturated carbocycles. The summed E-state index contributed by atoms with van der Waals surface area (Å²) in [6.07, 6.45) is 0. The molecular formula is C12H10Cl2N2O2Ti. The van der Waals surface area contributed by atoms with Crippen LogP contribution in [0.15, 0.2) is 67.8 Å². The molecule has 0 saturated heterocycles. The first-order chi connectivity index (χ1) is 8.45. The summed E-state index contributed by atoms with van der Waals surface area (Å²) in [5.74, 6) is 1.43. The van der Waals surface area contributed by atoms with Crippen molar-refractivity contribution in [3.05, 3.63) is 60.7 Å². The number of halogens is 2. The number of rotatable bonds is 4. The summed E-state index contributed by atoms with van der Waals surface area (Å²) in [5, 5.41) is 0. The molecule has 0 bridgehead atoms. The second-order valence-corrected chi connectivity index (χ2v) is 3.97. The molecule has 0 heterocycles. The summed E-state index contributed by atoms with van der Waals surface area (Å²) < 4.78 is 7.78. The van der Waals surface area contributed by atoms with Crippen molar-refractivity contribution in [2.24, 2.45) is 7.16 Å². The Balaban J connectivity index is 0.00000162. The molecule has 0 N–H and O–H groups in total. The quantitative estimate of drug-likeness (QED) is 0.456. The Morgan fingerprint density at radius 2 is 1.00 bits per heavy atom. The molecule has 0 atom stereocenters. The van der Waals surface area contributed by atoms with Crippen LogP contribution < -0.4 is 34.5 Å². The molecule has 0 aliphatic carbocycles. The molecule has 0 fully saturated rings. The van der Waals surface area contributed by atoms with E-state index in [1.165, 1.54) is 0 Å². The van der Waals surface area contributed by atoms with Gasteiger partial charge in [0, 0.05) is 0 Å². The Kier molecular flexibility index (Phi) is 10.2. The SMILES string of the molecule is [Cl-].[Cl-].c1ccc(O[N]=[Ti+2]=[N]Oc2ccccc2)cc1. The van der Waals surface area contributed by atoms with Crippen LogP contribution >= 0.6 is 0 Å². The van der Waals surface area contributed by atoms with Crippen LogP contribution in [0.1, 0.15) is 0 Å². The van der Waals surface area contributed by atoms with Gasteiger partial charge in [0.2, 0.25) is 0 Å². The van der Waals surface area contributed by atoms with E-state index in [-0.39, 0.29) is 24.8 Å². The van der Waals surface area contributed by atoms with E-state index in [2.05, 4.69) is 7.16 Å². The molecular weight excluding hydrogens is 323 g/mol. The maximum absolute atomic E-state index is 5.15. The van der Waals surface area contributed by atoms with Gasteiger partial charge in [-0.3, -0.25) is 0 Å². The molecule has 19 heavy (non-hydrogen) atoms. The van der Waals surface area contributed by atoms with Crippen LogP contribution in [0.3, 0.4) is 0 Å². The molecule has 2 aromatic carbocycles. The summed E-state index contributed by atoms with van der Waals surface area (Å²) in [6.45, 7) is 0. The Labute approximate surface area is 132 Å². The summed E-state index contributed by atoms with van der Waals surface area (Å²) in [7, 11) is 0. The van der Waals surface area contributed by atoms with Gasteiger partial charge in [-0.25, -0.2) is 0 Å². The van der Waals surface area contributed by atoms with Gasteiger partial charge in [0.05, 0.1) is 0 Å². The number of benzene rings is 2. The predicted octanol–water partition coefficient (Wildman–Crippen LogP) is -2.57. The molecule has 0 spiro atoms. The Hall–Kier alpha value is -1.07. The van der Waals surface area contributed by atoms with Gasteiger partial charge in [0.15, 0.2) is 0 Å². The van der Waals surface area contributed by atoms with Crippen LogP contribution in [0.5, 0.6) is 11.5 Å². The second-order valence-electron chi connectivity index (χ2n) is 3.09. The predicted molar refractivity (Wildman–Crippen MR) is 59.0 cm³/mol. The molecule has 0 radical (unpaired) electrons. The van der Waals surface area contributed by atoms with Crippen LogP contribution in [0.2, 0.25) is 0 Å². The van der Waals surface area contributed by atoms with Gasteiger partial charge in [-0.2, -0.15) is 0 Å². The Bertz CT molecular complexity index is 474. The Morgan fingerprint density at radius 1 is 0.632 bits per heavy atom. The van der Waals surface area contributed by atoms with E-state index in [0.29, 0.717) is 11.5 Å². The van der Waals surface area contributed by atoms with E-state index in [0.717, 1.165) is 0 Å². The fourth-order valence-corrected chi connectivity index (χ4v) is 1.63. The van der Waals surface area contributed by atoms with Crippen LogP contribution in [0.25, 0.3) is 0 Å². The molecule has 0 unspecified atom stereocenters. The van der Waals surface area contributed by atoms with Gasteiger partial charge in [-0.15, -0.1) is 0 Å². The third kappa shape index (κ3) is 7.18. The van der Waals surface area contributed by atoms with Crippen LogP contribution in [-0.2, 0) is 18.8 Å². The molecule has 98 valence electrons. The van der Waals surface area contributed by atoms with Gasteiger partial charge in [0.25, 0.3) is 0 Å². The molecule has 4 nitrogen and oxygen atoms in total. The Morgan fingerprint density at radius 3 is 1.37 bits per heavy atom. The van der Waals surface area contributed by atoms with Crippen molar-refractivity contribution in [1.82, 2.24) is 0 Å². The molecule has 0 amide bonds. The third-order valence-corrected chi connectivity index (χ3v) is 2.41. The van der Waals surface area contributed by atoms with Crippen LogP contribution in [0.4, 0.5) is 0 Å². The van der Waals surface area contributed by atoms with Crippen LogP contribution in [0, 0.1) is 0 Å². The average molecular weight is 333 g/mol. The van der Waals surface area contributed by atoms with Crippen molar-refractivity contribution in [2.45, 2.75) is 0 Å². The zero-order valence-corrected chi connectivity index (χ0v) is 12.8. The van der Waals surface area contributed by atoms with Gasteiger partial charge in [-0.1, -0.05) is 0 Å². The van der Waals surface area contributed by atoms with E-state index in [4.69, 9.17) is 9.68 Å². The average Bonchev–Trinajstić information content (AvgIpc) is 2.41. The van der Waals surface area contributed by atoms with Crippen molar-refractivity contribution in [1.29, 1.82) is 0 Å². The fourth-order valence-electron chi connectivity index (χ4n) is 1.13. The zero-order chi connectivity index (χ0) is 11.8. The zero-order valence-electron chi connectivity index (χ0n) is 9.74. The third-order valence-electron chi connectivity index (χ3n) is 1.87. The monoisotopic (exact) mass is 332 g/mol. The summed E-state index contributed by atoms with van der Waals surface area (Å²) in [4.78, 5) is 10.3. The van der Waals surface area contributed by atoms with Crippen LogP contribution in [-0.4, -0.2) is 0 Å². The molecule has 2 rings (SSSR count). The standard InChI is InChI=1S/2C6H5NO.2ClH.Ti/c2*7-8-6-4-2-1-3-5-6;;;/h2*1-5H;2*1H;/q;;;;+2/p-2. The normalized spacial score (nSPS) is 8.63. The summed E-state index contributed by atoms with van der Waals surface area (Å²) in [5.41, 5.74) is 0. The van der Waals surface area contributed by atoms with Gasteiger partial charge in [0.1, 0.15) is 0 Å². The second kappa shape index (κ2) is 10.8. The molecule has 2 aromatic rings. The van der Waals surface area contributed by atoms with E-state index < -0.39 is 18.8 Å². The van der Waals surface area contributed by atoms with E-state index in [1.807, 2.05) is 60.7 Å². The maximum atomic E-state index is 5.15. The van der Waals surface area contributed by atoms with Crippen molar-refractivity contribution < 1.29 is 53.3 Å².